The molecule has 2 atom stereocenters. The van der Waals surface area contributed by atoms with Crippen molar-refractivity contribution in [1.29, 1.82) is 0 Å². The zero-order valence-corrected chi connectivity index (χ0v) is 17.8. The van der Waals surface area contributed by atoms with Crippen molar-refractivity contribution in [3.05, 3.63) is 59.9 Å². The molecule has 1 amide bonds. The number of carbonyl (C=O) groups excluding carboxylic acids is 1. The highest BCUT2D eigenvalue weighted by molar-refractivity contribution is 8.00. The molecule has 0 spiro atoms. The number of fused-ring (bicyclic) bond motifs is 1. The van der Waals surface area contributed by atoms with Crippen LogP contribution in [0.25, 0.3) is 0 Å². The number of rotatable bonds is 6. The minimum atomic E-state index is -0.469. The maximum absolute atomic E-state index is 13.3. The molecular weight excluding hydrogens is 402 g/mol. The van der Waals surface area contributed by atoms with Crippen molar-refractivity contribution in [2.45, 2.75) is 30.3 Å². The quantitative estimate of drug-likeness (QED) is 0.626. The number of anilines is 1. The number of amides is 1. The molecule has 0 unspecified atom stereocenters. The summed E-state index contributed by atoms with van der Waals surface area (Å²) in [4.78, 5) is 13.3. The number of nitrogens with one attached hydrogen (secondary N) is 2. The molecule has 0 saturated heterocycles. The topological polar surface area (TPSA) is 90.3 Å². The van der Waals surface area contributed by atoms with E-state index >= 15 is 0 Å². The van der Waals surface area contributed by atoms with Crippen molar-refractivity contribution in [2.75, 3.05) is 24.5 Å². The van der Waals surface area contributed by atoms with Crippen molar-refractivity contribution in [2.24, 2.45) is 0 Å². The number of methoxy groups -OCH3 is 1. The second-order valence-corrected chi connectivity index (χ2v) is 7.81. The lowest BCUT2D eigenvalue weighted by Gasteiger charge is -2.32. The Labute approximate surface area is 179 Å². The fraction of sp³-hybridized carbons (Fsp3) is 0.286. The Hall–Kier alpha value is -3.20. The zero-order valence-electron chi connectivity index (χ0n) is 17.0. The third-order valence-electron chi connectivity index (χ3n) is 4.77. The maximum Gasteiger partial charge on any atom is 0.240 e. The lowest BCUT2D eigenvalue weighted by Crippen LogP contribution is -2.41. The smallest absolute Gasteiger partial charge is 0.240 e. The van der Waals surface area contributed by atoms with Gasteiger partial charge in [-0.25, -0.2) is 4.68 Å². The normalized spacial score (nSPS) is 17.6. The number of nitrogens with zero attached hydrogens (tertiary/aromatic N) is 3. The van der Waals surface area contributed by atoms with Crippen LogP contribution in [-0.2, 0) is 4.79 Å². The summed E-state index contributed by atoms with van der Waals surface area (Å²) < 4.78 is 12.7. The summed E-state index contributed by atoms with van der Waals surface area (Å²) in [6, 6.07) is 14.8. The molecule has 30 heavy (non-hydrogen) atoms. The van der Waals surface area contributed by atoms with Crippen molar-refractivity contribution in [1.82, 2.24) is 14.9 Å². The average molecular weight is 426 g/mol. The number of hydrogen-bond donors (Lipinski definition) is 2. The number of para-hydroxylation sites is 2. The SMILES string of the molecule is CCOc1ccc([C@@H]2Nn3c(C)nnc3S[C@H]2C(=O)Nc2ccccc2OC)cc1. The summed E-state index contributed by atoms with van der Waals surface area (Å²) in [7, 11) is 1.58. The fourth-order valence-corrected chi connectivity index (χ4v) is 4.43. The van der Waals surface area contributed by atoms with E-state index < -0.39 is 5.25 Å². The van der Waals surface area contributed by atoms with Crippen LogP contribution in [0.15, 0.2) is 53.7 Å². The second kappa shape index (κ2) is 8.66. The lowest BCUT2D eigenvalue weighted by molar-refractivity contribution is -0.116. The summed E-state index contributed by atoms with van der Waals surface area (Å²) in [6.45, 7) is 4.42. The Bertz CT molecular complexity index is 1040. The van der Waals surface area contributed by atoms with E-state index in [0.29, 0.717) is 23.2 Å². The molecule has 0 bridgehead atoms. The third kappa shape index (κ3) is 3.93. The van der Waals surface area contributed by atoms with Crippen molar-refractivity contribution >= 4 is 23.4 Å². The number of aryl methyl sites for hydroxylation is 1. The molecule has 0 aliphatic carbocycles. The summed E-state index contributed by atoms with van der Waals surface area (Å²) >= 11 is 1.38. The first-order chi connectivity index (χ1) is 14.6. The van der Waals surface area contributed by atoms with Gasteiger partial charge in [0, 0.05) is 0 Å². The molecule has 0 radical (unpaired) electrons. The van der Waals surface area contributed by atoms with Gasteiger partial charge in [0.05, 0.1) is 25.4 Å². The predicted molar refractivity (Wildman–Crippen MR) is 116 cm³/mol. The predicted octanol–water partition coefficient (Wildman–Crippen LogP) is 3.39. The number of hydrogen-bond acceptors (Lipinski definition) is 7. The standard InChI is InChI=1S/C21H23N5O3S/c1-4-29-15-11-9-14(10-12-15)18-19(30-21-24-23-13(2)26(21)25-18)20(27)22-16-7-5-6-8-17(16)28-3/h5-12,18-19,25H,4H2,1-3H3,(H,22,27)/t18-,19+/m0/s1. The van der Waals surface area contributed by atoms with Crippen LogP contribution in [0.5, 0.6) is 11.5 Å². The average Bonchev–Trinajstić information content (AvgIpc) is 3.14. The van der Waals surface area contributed by atoms with E-state index in [2.05, 4.69) is 20.9 Å². The van der Waals surface area contributed by atoms with Crippen LogP contribution in [-0.4, -0.2) is 39.7 Å². The van der Waals surface area contributed by atoms with Crippen LogP contribution < -0.4 is 20.2 Å². The minimum absolute atomic E-state index is 0.150. The zero-order chi connectivity index (χ0) is 21.1. The van der Waals surface area contributed by atoms with Crippen LogP contribution in [0.1, 0.15) is 24.4 Å². The van der Waals surface area contributed by atoms with Gasteiger partial charge in [-0.1, -0.05) is 36.0 Å². The fourth-order valence-electron chi connectivity index (χ4n) is 3.30. The Kier molecular flexibility index (Phi) is 5.80. The highest BCUT2D eigenvalue weighted by Crippen LogP contribution is 2.38. The molecule has 0 saturated carbocycles. The summed E-state index contributed by atoms with van der Waals surface area (Å²) in [5, 5.41) is 11.5. The van der Waals surface area contributed by atoms with Gasteiger partial charge in [0.15, 0.2) is 0 Å². The van der Waals surface area contributed by atoms with Gasteiger partial charge in [-0.05, 0) is 43.7 Å². The van der Waals surface area contributed by atoms with Crippen LogP contribution in [0.4, 0.5) is 5.69 Å². The molecule has 1 aliphatic heterocycles. The first-order valence-electron chi connectivity index (χ1n) is 9.62. The minimum Gasteiger partial charge on any atom is -0.495 e. The van der Waals surface area contributed by atoms with E-state index in [-0.39, 0.29) is 11.9 Å². The molecule has 1 aromatic heterocycles. The second-order valence-electron chi connectivity index (χ2n) is 6.70. The van der Waals surface area contributed by atoms with Gasteiger partial charge in [-0.3, -0.25) is 4.79 Å². The van der Waals surface area contributed by atoms with E-state index in [4.69, 9.17) is 9.47 Å². The van der Waals surface area contributed by atoms with Gasteiger partial charge in [0.25, 0.3) is 0 Å². The largest absolute Gasteiger partial charge is 0.495 e. The van der Waals surface area contributed by atoms with Crippen molar-refractivity contribution in [3.63, 3.8) is 0 Å². The Morgan fingerprint density at radius 3 is 2.70 bits per heavy atom. The van der Waals surface area contributed by atoms with Gasteiger partial charge in [-0.15, -0.1) is 10.2 Å². The molecule has 1 aliphatic rings. The number of ether oxygens (including phenoxy) is 2. The molecule has 2 aromatic carbocycles. The third-order valence-corrected chi connectivity index (χ3v) is 5.99. The molecule has 9 heteroatoms. The van der Waals surface area contributed by atoms with Gasteiger partial charge in [0.1, 0.15) is 22.6 Å². The Morgan fingerprint density at radius 2 is 1.97 bits per heavy atom. The van der Waals surface area contributed by atoms with E-state index in [1.807, 2.05) is 67.1 Å². The first kappa shape index (κ1) is 20.1. The van der Waals surface area contributed by atoms with Crippen LogP contribution in [0.2, 0.25) is 0 Å². The molecule has 3 aromatic rings. The number of carbonyl (C=O) groups is 1. The summed E-state index contributed by atoms with van der Waals surface area (Å²) in [5.41, 5.74) is 4.98. The Morgan fingerprint density at radius 1 is 1.20 bits per heavy atom. The highest BCUT2D eigenvalue weighted by atomic mass is 32.2. The van der Waals surface area contributed by atoms with Crippen molar-refractivity contribution < 1.29 is 14.3 Å². The molecule has 8 nitrogen and oxygen atoms in total. The van der Waals surface area contributed by atoms with Crippen molar-refractivity contribution in [3.8, 4) is 11.5 Å². The number of aromatic nitrogens is 3. The van der Waals surface area contributed by atoms with Gasteiger partial charge >= 0.3 is 0 Å². The molecule has 4 rings (SSSR count). The molecular formula is C21H23N5O3S. The lowest BCUT2D eigenvalue weighted by atomic mass is 10.0. The Balaban J connectivity index is 1.65. The van der Waals surface area contributed by atoms with E-state index in [0.717, 1.165) is 17.1 Å². The first-order valence-corrected chi connectivity index (χ1v) is 10.5. The van der Waals surface area contributed by atoms with E-state index in [1.165, 1.54) is 11.8 Å². The van der Waals surface area contributed by atoms with E-state index in [9.17, 15) is 4.79 Å². The van der Waals surface area contributed by atoms with Gasteiger partial charge in [0.2, 0.25) is 11.1 Å². The van der Waals surface area contributed by atoms with Crippen LogP contribution >= 0.6 is 11.8 Å². The van der Waals surface area contributed by atoms with Gasteiger partial charge in [-0.2, -0.15) is 0 Å². The maximum atomic E-state index is 13.3. The van der Waals surface area contributed by atoms with Gasteiger partial charge < -0.3 is 20.2 Å². The molecule has 0 fully saturated rings. The number of benzene rings is 2. The number of thioether (sulfide) groups is 1. The van der Waals surface area contributed by atoms with Crippen LogP contribution in [0.3, 0.4) is 0 Å². The molecule has 2 heterocycles. The highest BCUT2D eigenvalue weighted by Gasteiger charge is 2.37. The molecule has 156 valence electrons. The monoisotopic (exact) mass is 425 g/mol. The van der Waals surface area contributed by atoms with E-state index in [1.54, 1.807) is 7.11 Å². The summed E-state index contributed by atoms with van der Waals surface area (Å²) in [5.74, 6) is 1.98. The molecule has 2 N–H and O–H groups in total. The summed E-state index contributed by atoms with van der Waals surface area (Å²) in [6.07, 6.45) is 0. The van der Waals surface area contributed by atoms with Crippen LogP contribution in [0, 0.1) is 6.92 Å².